The minimum atomic E-state index is 0.687. The van der Waals surface area contributed by atoms with Gasteiger partial charge in [-0.3, -0.25) is 0 Å². The first-order valence-electron chi connectivity index (χ1n) is 5.03. The van der Waals surface area contributed by atoms with Gasteiger partial charge in [0.1, 0.15) is 17.2 Å². The fraction of sp³-hybridized carbons (Fsp3) is 0.250. The first kappa shape index (κ1) is 8.53. The molecule has 0 amide bonds. The van der Waals surface area contributed by atoms with E-state index in [1.807, 2.05) is 31.2 Å². The number of hydrogen-bond donors (Lipinski definition) is 0. The number of ether oxygens (including phenoxy) is 1. The fourth-order valence-corrected chi connectivity index (χ4v) is 1.95. The van der Waals surface area contributed by atoms with E-state index < -0.39 is 0 Å². The summed E-state index contributed by atoms with van der Waals surface area (Å²) in [7, 11) is 0. The number of rotatable bonds is 0. The topological polar surface area (TPSA) is 35.3 Å². The van der Waals surface area contributed by atoms with E-state index in [1.54, 1.807) is 0 Å². The van der Waals surface area contributed by atoms with Crippen LogP contribution in [0.2, 0.25) is 0 Å². The number of fused-ring (bicyclic) bond motifs is 3. The number of aryl methyl sites for hydroxylation is 1. The van der Waals surface area contributed by atoms with Crippen molar-refractivity contribution in [2.75, 3.05) is 6.61 Å². The minimum absolute atomic E-state index is 0.687. The Kier molecular flexibility index (Phi) is 1.78. The highest BCUT2D eigenvalue weighted by atomic mass is 16.5. The lowest BCUT2D eigenvalue weighted by atomic mass is 10.0. The highest BCUT2D eigenvalue weighted by Crippen LogP contribution is 2.35. The van der Waals surface area contributed by atoms with Gasteiger partial charge < -0.3 is 9.26 Å². The summed E-state index contributed by atoms with van der Waals surface area (Å²) in [6.07, 6.45) is 0.860. The SMILES string of the molecule is Cc1onc2c1CCOc1ccccc1-2. The lowest BCUT2D eigenvalue weighted by molar-refractivity contribution is 0.323. The van der Waals surface area contributed by atoms with Gasteiger partial charge in [-0.15, -0.1) is 0 Å². The summed E-state index contributed by atoms with van der Waals surface area (Å²) in [6.45, 7) is 2.63. The number of hydrogen-bond acceptors (Lipinski definition) is 3. The highest BCUT2D eigenvalue weighted by Gasteiger charge is 2.20. The molecule has 0 spiro atoms. The van der Waals surface area contributed by atoms with Gasteiger partial charge in [-0.2, -0.15) is 0 Å². The number of benzene rings is 1. The van der Waals surface area contributed by atoms with Crippen LogP contribution in [0.25, 0.3) is 11.3 Å². The molecule has 0 saturated carbocycles. The Morgan fingerprint density at radius 1 is 1.27 bits per heavy atom. The number of para-hydroxylation sites is 1. The lowest BCUT2D eigenvalue weighted by Crippen LogP contribution is -1.98. The van der Waals surface area contributed by atoms with E-state index >= 15 is 0 Å². The van der Waals surface area contributed by atoms with Crippen molar-refractivity contribution in [1.29, 1.82) is 0 Å². The zero-order valence-electron chi connectivity index (χ0n) is 8.49. The van der Waals surface area contributed by atoms with Crippen LogP contribution in [0.15, 0.2) is 28.8 Å². The molecule has 1 aliphatic rings. The van der Waals surface area contributed by atoms with Gasteiger partial charge in [-0.25, -0.2) is 0 Å². The van der Waals surface area contributed by atoms with E-state index in [0.717, 1.165) is 29.2 Å². The second-order valence-electron chi connectivity index (χ2n) is 3.66. The van der Waals surface area contributed by atoms with E-state index in [0.29, 0.717) is 6.61 Å². The summed E-state index contributed by atoms with van der Waals surface area (Å²) in [5.74, 6) is 1.79. The molecular weight excluding hydrogens is 190 g/mol. The van der Waals surface area contributed by atoms with Crippen LogP contribution in [0.1, 0.15) is 11.3 Å². The average Bonchev–Trinajstić information content (AvgIpc) is 2.53. The van der Waals surface area contributed by atoms with Crippen LogP contribution in [0.3, 0.4) is 0 Å². The van der Waals surface area contributed by atoms with Crippen molar-refractivity contribution in [3.8, 4) is 17.0 Å². The van der Waals surface area contributed by atoms with Crippen molar-refractivity contribution in [2.24, 2.45) is 0 Å². The first-order valence-corrected chi connectivity index (χ1v) is 5.03. The van der Waals surface area contributed by atoms with Gasteiger partial charge >= 0.3 is 0 Å². The van der Waals surface area contributed by atoms with Gasteiger partial charge in [-0.05, 0) is 19.1 Å². The largest absolute Gasteiger partial charge is 0.493 e. The average molecular weight is 201 g/mol. The third-order valence-corrected chi connectivity index (χ3v) is 2.74. The Balaban J connectivity index is 2.27. The molecule has 2 aromatic rings. The quantitative estimate of drug-likeness (QED) is 0.657. The highest BCUT2D eigenvalue weighted by molar-refractivity contribution is 5.70. The Labute approximate surface area is 87.7 Å². The molecule has 1 aromatic heterocycles. The molecule has 0 atom stereocenters. The molecule has 0 fully saturated rings. The second-order valence-corrected chi connectivity index (χ2v) is 3.66. The predicted octanol–water partition coefficient (Wildman–Crippen LogP) is 2.58. The lowest BCUT2D eigenvalue weighted by Gasteiger charge is -2.04. The van der Waals surface area contributed by atoms with Crippen LogP contribution in [0.4, 0.5) is 0 Å². The number of aromatic nitrogens is 1. The van der Waals surface area contributed by atoms with Crippen molar-refractivity contribution in [3.05, 3.63) is 35.6 Å². The van der Waals surface area contributed by atoms with Gasteiger partial charge in [0.15, 0.2) is 0 Å². The maximum Gasteiger partial charge on any atom is 0.137 e. The smallest absolute Gasteiger partial charge is 0.137 e. The van der Waals surface area contributed by atoms with Crippen molar-refractivity contribution in [2.45, 2.75) is 13.3 Å². The zero-order chi connectivity index (χ0) is 10.3. The van der Waals surface area contributed by atoms with Crippen molar-refractivity contribution >= 4 is 0 Å². The minimum Gasteiger partial charge on any atom is -0.493 e. The van der Waals surface area contributed by atoms with E-state index in [2.05, 4.69) is 5.16 Å². The molecule has 3 rings (SSSR count). The fourth-order valence-electron chi connectivity index (χ4n) is 1.95. The molecule has 3 nitrogen and oxygen atoms in total. The molecule has 0 N–H and O–H groups in total. The van der Waals surface area contributed by atoms with Crippen LogP contribution in [-0.4, -0.2) is 11.8 Å². The van der Waals surface area contributed by atoms with Gasteiger partial charge in [0.25, 0.3) is 0 Å². The Hall–Kier alpha value is -1.77. The maximum absolute atomic E-state index is 5.66. The van der Waals surface area contributed by atoms with Crippen LogP contribution in [0.5, 0.6) is 5.75 Å². The van der Waals surface area contributed by atoms with Gasteiger partial charge in [0.05, 0.1) is 6.61 Å². The summed E-state index contributed by atoms with van der Waals surface area (Å²) >= 11 is 0. The molecule has 1 aromatic carbocycles. The normalized spacial score (nSPS) is 13.7. The maximum atomic E-state index is 5.66. The molecular formula is C12H11NO2. The second kappa shape index (κ2) is 3.12. The van der Waals surface area contributed by atoms with Crippen molar-refractivity contribution < 1.29 is 9.26 Å². The molecule has 3 heteroatoms. The van der Waals surface area contributed by atoms with Gasteiger partial charge in [0.2, 0.25) is 0 Å². The molecule has 0 saturated heterocycles. The predicted molar refractivity (Wildman–Crippen MR) is 55.9 cm³/mol. The summed E-state index contributed by atoms with van der Waals surface area (Å²) in [5, 5.41) is 4.10. The van der Waals surface area contributed by atoms with E-state index in [-0.39, 0.29) is 0 Å². The molecule has 0 bridgehead atoms. The monoisotopic (exact) mass is 201 g/mol. The van der Waals surface area contributed by atoms with Crippen molar-refractivity contribution in [1.82, 2.24) is 5.16 Å². The molecule has 0 radical (unpaired) electrons. The van der Waals surface area contributed by atoms with Gasteiger partial charge in [0, 0.05) is 17.5 Å². The zero-order valence-corrected chi connectivity index (χ0v) is 8.49. The summed E-state index contributed by atoms with van der Waals surface area (Å²) < 4.78 is 10.9. The van der Waals surface area contributed by atoms with E-state index in [4.69, 9.17) is 9.26 Å². The van der Waals surface area contributed by atoms with Crippen LogP contribution < -0.4 is 4.74 Å². The summed E-state index contributed by atoms with van der Waals surface area (Å²) in [6, 6.07) is 7.94. The summed E-state index contributed by atoms with van der Waals surface area (Å²) in [4.78, 5) is 0. The molecule has 15 heavy (non-hydrogen) atoms. The summed E-state index contributed by atoms with van der Waals surface area (Å²) in [5.41, 5.74) is 3.13. The first-order chi connectivity index (χ1) is 7.36. The Morgan fingerprint density at radius 2 is 2.13 bits per heavy atom. The van der Waals surface area contributed by atoms with Crippen LogP contribution >= 0.6 is 0 Å². The third-order valence-electron chi connectivity index (χ3n) is 2.74. The molecule has 0 unspecified atom stereocenters. The van der Waals surface area contributed by atoms with E-state index in [9.17, 15) is 0 Å². The molecule has 76 valence electrons. The standard InChI is InChI=1S/C12H11NO2/c1-8-9-6-7-14-11-5-3-2-4-10(11)12(9)13-15-8/h2-5H,6-7H2,1H3. The van der Waals surface area contributed by atoms with E-state index in [1.165, 1.54) is 5.56 Å². The number of nitrogens with zero attached hydrogens (tertiary/aromatic N) is 1. The third kappa shape index (κ3) is 1.23. The molecule has 1 aliphatic heterocycles. The van der Waals surface area contributed by atoms with Gasteiger partial charge in [-0.1, -0.05) is 17.3 Å². The Morgan fingerprint density at radius 3 is 3.07 bits per heavy atom. The Bertz CT molecular complexity index is 502. The molecule has 0 aliphatic carbocycles. The van der Waals surface area contributed by atoms with Crippen LogP contribution in [-0.2, 0) is 6.42 Å². The van der Waals surface area contributed by atoms with Crippen molar-refractivity contribution in [3.63, 3.8) is 0 Å². The molecule has 2 heterocycles. The van der Waals surface area contributed by atoms with Crippen LogP contribution in [0, 0.1) is 6.92 Å².